The first-order chi connectivity index (χ1) is 26.9. The van der Waals surface area contributed by atoms with Crippen LogP contribution in [0.4, 0.5) is 0 Å². The van der Waals surface area contributed by atoms with Crippen LogP contribution in [-0.4, -0.2) is 168 Å². The van der Waals surface area contributed by atoms with Crippen molar-refractivity contribution >= 4 is 18.0 Å². The third kappa shape index (κ3) is 10.7. The first kappa shape index (κ1) is 44.0. The van der Waals surface area contributed by atoms with Crippen molar-refractivity contribution in [1.29, 1.82) is 0 Å². The predicted molar refractivity (Wildman–Crippen MR) is 188 cm³/mol. The molecule has 3 fully saturated rings. The van der Waals surface area contributed by atoms with E-state index in [0.717, 1.165) is 19.1 Å². The van der Waals surface area contributed by atoms with E-state index in [2.05, 4.69) is 0 Å². The number of rotatable bonds is 13. The molecule has 0 radical (unpaired) electrons. The second kappa shape index (κ2) is 19.1. The van der Waals surface area contributed by atoms with Crippen molar-refractivity contribution in [1.82, 2.24) is 0 Å². The maximum atomic E-state index is 13.5. The molecule has 3 saturated heterocycles. The number of carbonyl (C=O) groups is 2. The molecule has 0 aliphatic carbocycles. The highest BCUT2D eigenvalue weighted by Gasteiger charge is 2.55. The molecule has 20 heteroatoms. The zero-order chi connectivity index (χ0) is 41.7. The van der Waals surface area contributed by atoms with Gasteiger partial charge in [0.15, 0.2) is 54.1 Å². The maximum absolute atomic E-state index is 13.5. The van der Waals surface area contributed by atoms with E-state index in [1.54, 1.807) is 0 Å². The summed E-state index contributed by atoms with van der Waals surface area (Å²) in [7, 11) is 0. The molecule has 2 aromatic rings. The molecule has 0 spiro atoms. The molecular weight excluding hydrogens is 764 g/mol. The maximum Gasteiger partial charge on any atom is 0.331 e. The van der Waals surface area contributed by atoms with Crippen LogP contribution in [0.25, 0.3) is 6.08 Å². The van der Waals surface area contributed by atoms with Gasteiger partial charge in [0.05, 0.1) is 25.4 Å². The molecule has 20 nitrogen and oxygen atoms in total. The molecular formula is C37H48O20. The fraction of sp³-hybridized carbons (Fsp3) is 0.568. The van der Waals surface area contributed by atoms with Gasteiger partial charge >= 0.3 is 11.9 Å². The van der Waals surface area contributed by atoms with Crippen molar-refractivity contribution in [2.75, 3.05) is 13.2 Å². The van der Waals surface area contributed by atoms with E-state index in [4.69, 9.17) is 37.9 Å². The van der Waals surface area contributed by atoms with Gasteiger partial charge in [-0.2, -0.15) is 0 Å². The van der Waals surface area contributed by atoms with E-state index in [9.17, 15) is 60.7 Å². The average Bonchev–Trinajstić information content (AvgIpc) is 3.16. The molecule has 0 aromatic heterocycles. The summed E-state index contributed by atoms with van der Waals surface area (Å²) in [6.07, 6.45) is -21.3. The van der Waals surface area contributed by atoms with Crippen LogP contribution < -0.4 is 0 Å². The Bertz CT molecular complexity index is 1710. The summed E-state index contributed by atoms with van der Waals surface area (Å²) in [6, 6.07) is 7.79. The Balaban J connectivity index is 1.50. The van der Waals surface area contributed by atoms with Crippen LogP contribution in [0.5, 0.6) is 23.0 Å². The second-order valence-electron chi connectivity index (χ2n) is 13.8. The lowest BCUT2D eigenvalue weighted by atomic mass is 9.96. The molecule has 3 aliphatic rings. The van der Waals surface area contributed by atoms with Crippen molar-refractivity contribution in [3.8, 4) is 23.0 Å². The summed E-state index contributed by atoms with van der Waals surface area (Å²) in [6.45, 7) is 3.05. The van der Waals surface area contributed by atoms with E-state index < -0.39 is 128 Å². The van der Waals surface area contributed by atoms with Crippen molar-refractivity contribution < 1.29 is 98.5 Å². The Labute approximate surface area is 325 Å². The summed E-state index contributed by atoms with van der Waals surface area (Å²) in [5, 5.41) is 102. The number of benzene rings is 2. The minimum absolute atomic E-state index is 0.107. The van der Waals surface area contributed by atoms with Gasteiger partial charge in [-0.05, 0) is 61.7 Å². The first-order valence-electron chi connectivity index (χ1n) is 18.0. The topological polar surface area (TPSA) is 310 Å². The van der Waals surface area contributed by atoms with E-state index in [-0.39, 0.29) is 24.3 Å². The number of hydrogen-bond donors (Lipinski definition) is 10. The van der Waals surface area contributed by atoms with Crippen LogP contribution in [0.1, 0.15) is 31.9 Å². The number of aliphatic hydroxyl groups is 6. The van der Waals surface area contributed by atoms with Gasteiger partial charge in [-0.15, -0.1) is 0 Å². The second-order valence-corrected chi connectivity index (χ2v) is 13.8. The SMILES string of the molecule is CC(=O)O[C@H]1[C@H](OCCc2ccc(O)c(O)c2)O[C@H](CO[C@@H]2O[C@@H](C)[C@H](O)[C@@H](O)[C@H]2O)[C@@H](OC(=O)C=Cc2ccc(O)c(O)c2)[C@@H]1O[C@@H]1O[C@@H](C)[C@H](O)[C@@H](O)[C@H]1O. The highest BCUT2D eigenvalue weighted by Crippen LogP contribution is 2.35. The molecule has 0 unspecified atom stereocenters. The largest absolute Gasteiger partial charge is 0.504 e. The van der Waals surface area contributed by atoms with Crippen LogP contribution in [0.15, 0.2) is 42.5 Å². The number of esters is 2. The van der Waals surface area contributed by atoms with Gasteiger partial charge < -0.3 is 89.0 Å². The van der Waals surface area contributed by atoms with Crippen molar-refractivity contribution in [3.05, 3.63) is 53.6 Å². The molecule has 0 saturated carbocycles. The molecule has 2 aromatic carbocycles. The Hall–Kier alpha value is -4.16. The van der Waals surface area contributed by atoms with E-state index in [0.29, 0.717) is 5.56 Å². The Morgan fingerprint density at radius 1 is 0.649 bits per heavy atom. The highest BCUT2D eigenvalue weighted by atomic mass is 16.8. The Morgan fingerprint density at radius 2 is 1.25 bits per heavy atom. The van der Waals surface area contributed by atoms with E-state index >= 15 is 0 Å². The molecule has 57 heavy (non-hydrogen) atoms. The van der Waals surface area contributed by atoms with Crippen molar-refractivity contribution in [2.24, 2.45) is 0 Å². The Morgan fingerprint density at radius 3 is 1.86 bits per heavy atom. The number of hydrogen-bond acceptors (Lipinski definition) is 20. The van der Waals surface area contributed by atoms with Gasteiger partial charge in [-0.3, -0.25) is 4.79 Å². The molecule has 0 bridgehead atoms. The smallest absolute Gasteiger partial charge is 0.331 e. The van der Waals surface area contributed by atoms with Crippen LogP contribution in [0.3, 0.4) is 0 Å². The van der Waals surface area contributed by atoms with E-state index in [1.807, 2.05) is 0 Å². The lowest BCUT2D eigenvalue weighted by Crippen LogP contribution is -2.66. The minimum Gasteiger partial charge on any atom is -0.504 e. The summed E-state index contributed by atoms with van der Waals surface area (Å²) in [4.78, 5) is 26.1. The van der Waals surface area contributed by atoms with Crippen LogP contribution in [0.2, 0.25) is 0 Å². The molecule has 3 aliphatic heterocycles. The zero-order valence-electron chi connectivity index (χ0n) is 31.0. The minimum atomic E-state index is -1.90. The molecule has 0 amide bonds. The number of ether oxygens (including phenoxy) is 8. The number of aliphatic hydroxyl groups excluding tert-OH is 6. The third-order valence-corrected chi connectivity index (χ3v) is 9.60. The van der Waals surface area contributed by atoms with E-state index in [1.165, 1.54) is 50.3 Å². The van der Waals surface area contributed by atoms with Crippen LogP contribution >= 0.6 is 0 Å². The first-order valence-corrected chi connectivity index (χ1v) is 18.0. The number of phenolic OH excluding ortho intramolecular Hbond substituents is 4. The summed E-state index contributed by atoms with van der Waals surface area (Å²) >= 11 is 0. The summed E-state index contributed by atoms with van der Waals surface area (Å²) in [5.41, 5.74) is 0.776. The number of carbonyl (C=O) groups excluding carboxylic acids is 2. The lowest BCUT2D eigenvalue weighted by Gasteiger charge is -2.48. The van der Waals surface area contributed by atoms with Crippen LogP contribution in [-0.2, 0) is 53.9 Å². The fourth-order valence-electron chi connectivity index (χ4n) is 6.38. The van der Waals surface area contributed by atoms with Gasteiger partial charge in [0.25, 0.3) is 0 Å². The Kier molecular flexibility index (Phi) is 14.7. The third-order valence-electron chi connectivity index (χ3n) is 9.60. The van der Waals surface area contributed by atoms with Gasteiger partial charge in [-0.25, -0.2) is 4.79 Å². The van der Waals surface area contributed by atoms with Crippen LogP contribution in [0, 0.1) is 0 Å². The zero-order valence-corrected chi connectivity index (χ0v) is 31.0. The summed E-state index contributed by atoms with van der Waals surface area (Å²) < 4.78 is 46.8. The molecule has 3 heterocycles. The van der Waals surface area contributed by atoms with Crippen molar-refractivity contribution in [3.63, 3.8) is 0 Å². The predicted octanol–water partition coefficient (Wildman–Crippen LogP) is -1.59. The molecule has 15 atom stereocenters. The van der Waals surface area contributed by atoms with Gasteiger partial charge in [-0.1, -0.05) is 12.1 Å². The normalized spacial score (nSPS) is 35.8. The van der Waals surface area contributed by atoms with Gasteiger partial charge in [0.2, 0.25) is 0 Å². The van der Waals surface area contributed by atoms with Crippen molar-refractivity contribution in [2.45, 2.75) is 119 Å². The quantitative estimate of drug-likeness (QED) is 0.0619. The monoisotopic (exact) mass is 812 g/mol. The fourth-order valence-corrected chi connectivity index (χ4v) is 6.38. The standard InChI is InChI=1S/C37H48O20/c1-15-26(44)28(46)30(48)35(52-15)51-14-24-32(56-25(43)9-6-18-4-7-20(39)22(41)12-18)33(57-36-31(49)29(47)27(45)16(2)53-36)34(54-17(3)38)37(55-24)50-11-10-19-5-8-21(40)23(42)13-19/h4-9,12-13,15-16,24,26-37,39-42,44-49H,10-11,14H2,1-3H3/t15-,16-,24+,26-,27-,28+,29+,30+,31+,32+,33-,34+,35+,36-,37+/m0/s1. The average molecular weight is 813 g/mol. The highest BCUT2D eigenvalue weighted by molar-refractivity contribution is 5.87. The summed E-state index contributed by atoms with van der Waals surface area (Å²) in [5.74, 6) is -3.59. The molecule has 10 N–H and O–H groups in total. The number of phenols is 4. The molecule has 316 valence electrons. The van der Waals surface area contributed by atoms with Gasteiger partial charge in [0, 0.05) is 13.0 Å². The molecule has 5 rings (SSSR count). The van der Waals surface area contributed by atoms with Gasteiger partial charge in [0.1, 0.15) is 48.8 Å². The number of aromatic hydroxyl groups is 4. The lowest BCUT2D eigenvalue weighted by molar-refractivity contribution is -0.364.